The van der Waals surface area contributed by atoms with E-state index < -0.39 is 0 Å². The monoisotopic (exact) mass is 242 g/mol. The Morgan fingerprint density at radius 3 is 2.94 bits per heavy atom. The van der Waals surface area contributed by atoms with Gasteiger partial charge in [0.1, 0.15) is 25.0 Å². The van der Waals surface area contributed by atoms with Crippen LogP contribution >= 0.6 is 0 Å². The van der Waals surface area contributed by atoms with Crippen molar-refractivity contribution in [1.82, 2.24) is 24.3 Å². The van der Waals surface area contributed by atoms with Crippen molar-refractivity contribution in [1.29, 1.82) is 0 Å². The lowest BCUT2D eigenvalue weighted by Crippen LogP contribution is -2.06. The van der Waals surface area contributed by atoms with Crippen molar-refractivity contribution in [3.05, 3.63) is 42.2 Å². The molecule has 0 bridgehead atoms. The quantitative estimate of drug-likeness (QED) is 0.732. The molecule has 2 heterocycles. The van der Waals surface area contributed by atoms with Crippen LogP contribution < -0.4 is 5.73 Å². The minimum atomic E-state index is 0.533. The molecule has 0 aliphatic rings. The van der Waals surface area contributed by atoms with Crippen LogP contribution in [0, 0.1) is 0 Å². The van der Waals surface area contributed by atoms with E-state index in [1.54, 1.807) is 11.0 Å². The SMILES string of the molecule is Cn1c(Cn2cncn2)nc2cc(CN)ccc21. The van der Waals surface area contributed by atoms with E-state index in [-0.39, 0.29) is 0 Å². The van der Waals surface area contributed by atoms with Gasteiger partial charge in [0.2, 0.25) is 0 Å². The van der Waals surface area contributed by atoms with Gasteiger partial charge >= 0.3 is 0 Å². The van der Waals surface area contributed by atoms with E-state index in [4.69, 9.17) is 5.73 Å². The first kappa shape index (κ1) is 10.9. The maximum Gasteiger partial charge on any atom is 0.137 e. The maximum absolute atomic E-state index is 5.64. The number of nitrogens with two attached hydrogens (primary N) is 1. The van der Waals surface area contributed by atoms with Crippen molar-refractivity contribution in [2.24, 2.45) is 12.8 Å². The smallest absolute Gasteiger partial charge is 0.137 e. The third kappa shape index (κ3) is 1.76. The zero-order chi connectivity index (χ0) is 12.5. The minimum absolute atomic E-state index is 0.533. The second-order valence-corrected chi connectivity index (χ2v) is 4.21. The molecule has 0 amide bonds. The Labute approximate surface area is 104 Å². The van der Waals surface area contributed by atoms with E-state index in [0.717, 1.165) is 22.4 Å². The van der Waals surface area contributed by atoms with Crippen molar-refractivity contribution < 1.29 is 0 Å². The predicted molar refractivity (Wildman–Crippen MR) is 67.7 cm³/mol. The van der Waals surface area contributed by atoms with Gasteiger partial charge < -0.3 is 10.3 Å². The topological polar surface area (TPSA) is 74.5 Å². The molecule has 18 heavy (non-hydrogen) atoms. The first-order valence-corrected chi connectivity index (χ1v) is 5.74. The Bertz CT molecular complexity index is 667. The number of nitrogens with zero attached hydrogens (tertiary/aromatic N) is 5. The number of hydrogen-bond donors (Lipinski definition) is 1. The number of hydrogen-bond acceptors (Lipinski definition) is 4. The Morgan fingerprint density at radius 2 is 2.22 bits per heavy atom. The highest BCUT2D eigenvalue weighted by Gasteiger charge is 2.08. The summed E-state index contributed by atoms with van der Waals surface area (Å²) in [5.74, 6) is 0.949. The highest BCUT2D eigenvalue weighted by atomic mass is 15.3. The van der Waals surface area contributed by atoms with Crippen LogP contribution in [0.2, 0.25) is 0 Å². The molecule has 3 rings (SSSR count). The highest BCUT2D eigenvalue weighted by molar-refractivity contribution is 5.76. The number of rotatable bonds is 3. The number of aryl methyl sites for hydroxylation is 1. The highest BCUT2D eigenvalue weighted by Crippen LogP contribution is 2.17. The summed E-state index contributed by atoms with van der Waals surface area (Å²) in [7, 11) is 2.00. The first-order chi connectivity index (χ1) is 8.78. The van der Waals surface area contributed by atoms with Crippen molar-refractivity contribution in [2.45, 2.75) is 13.1 Å². The summed E-state index contributed by atoms with van der Waals surface area (Å²) in [6.07, 6.45) is 3.21. The molecule has 0 atom stereocenters. The average molecular weight is 242 g/mol. The molecule has 0 unspecified atom stereocenters. The summed E-state index contributed by atoms with van der Waals surface area (Å²) in [6.45, 7) is 1.15. The molecule has 6 nitrogen and oxygen atoms in total. The Hall–Kier alpha value is -2.21. The van der Waals surface area contributed by atoms with E-state index in [0.29, 0.717) is 13.1 Å². The van der Waals surface area contributed by atoms with Gasteiger partial charge in [-0.05, 0) is 17.7 Å². The van der Waals surface area contributed by atoms with Gasteiger partial charge in [0, 0.05) is 13.6 Å². The van der Waals surface area contributed by atoms with Crippen LogP contribution in [0.5, 0.6) is 0 Å². The van der Waals surface area contributed by atoms with Gasteiger partial charge in [0.25, 0.3) is 0 Å². The fourth-order valence-electron chi connectivity index (χ4n) is 2.02. The molecule has 1 aromatic carbocycles. The molecule has 0 saturated carbocycles. The van der Waals surface area contributed by atoms with Gasteiger partial charge in [-0.15, -0.1) is 0 Å². The summed E-state index contributed by atoms with van der Waals surface area (Å²) >= 11 is 0. The van der Waals surface area contributed by atoms with Crippen LogP contribution in [-0.4, -0.2) is 24.3 Å². The van der Waals surface area contributed by atoms with E-state index in [9.17, 15) is 0 Å². The number of imidazole rings is 1. The molecular weight excluding hydrogens is 228 g/mol. The lowest BCUT2D eigenvalue weighted by Gasteiger charge is -2.01. The van der Waals surface area contributed by atoms with Crippen LogP contribution in [-0.2, 0) is 20.1 Å². The van der Waals surface area contributed by atoms with Gasteiger partial charge in [-0.1, -0.05) is 6.07 Å². The van der Waals surface area contributed by atoms with E-state index in [2.05, 4.69) is 25.7 Å². The lowest BCUT2D eigenvalue weighted by molar-refractivity contribution is 0.635. The van der Waals surface area contributed by atoms with Crippen molar-refractivity contribution in [3.63, 3.8) is 0 Å². The molecule has 0 spiro atoms. The largest absolute Gasteiger partial charge is 0.330 e. The number of aromatic nitrogens is 5. The second-order valence-electron chi connectivity index (χ2n) is 4.21. The lowest BCUT2D eigenvalue weighted by atomic mass is 10.2. The molecule has 0 radical (unpaired) electrons. The molecular formula is C12H14N6. The molecule has 0 saturated heterocycles. The fraction of sp³-hybridized carbons (Fsp3) is 0.250. The zero-order valence-electron chi connectivity index (χ0n) is 10.1. The molecule has 92 valence electrons. The third-order valence-electron chi connectivity index (χ3n) is 3.04. The molecule has 0 aliphatic carbocycles. The summed E-state index contributed by atoms with van der Waals surface area (Å²) in [5.41, 5.74) is 8.80. The standard InChI is InChI=1S/C12H14N6/c1-17-11-3-2-9(5-13)4-10(11)16-12(17)6-18-8-14-7-15-18/h2-4,7-8H,5-6,13H2,1H3. The Morgan fingerprint density at radius 1 is 1.33 bits per heavy atom. The molecule has 2 N–H and O–H groups in total. The third-order valence-corrected chi connectivity index (χ3v) is 3.04. The van der Waals surface area contributed by atoms with Gasteiger partial charge in [-0.3, -0.25) is 0 Å². The predicted octanol–water partition coefficient (Wildman–Crippen LogP) is 0.672. The van der Waals surface area contributed by atoms with E-state index >= 15 is 0 Å². The summed E-state index contributed by atoms with van der Waals surface area (Å²) in [4.78, 5) is 8.54. The second kappa shape index (κ2) is 4.23. The van der Waals surface area contributed by atoms with Crippen LogP contribution in [0.25, 0.3) is 11.0 Å². The molecule has 0 aliphatic heterocycles. The van der Waals surface area contributed by atoms with Gasteiger partial charge in [-0.2, -0.15) is 5.10 Å². The minimum Gasteiger partial charge on any atom is -0.330 e. The van der Waals surface area contributed by atoms with Crippen LogP contribution in [0.15, 0.2) is 30.9 Å². The van der Waals surface area contributed by atoms with Crippen molar-refractivity contribution in [3.8, 4) is 0 Å². The molecule has 6 heteroatoms. The van der Waals surface area contributed by atoms with Crippen molar-refractivity contribution in [2.75, 3.05) is 0 Å². The van der Waals surface area contributed by atoms with E-state index in [1.807, 2.05) is 19.2 Å². The molecule has 2 aromatic heterocycles. The van der Waals surface area contributed by atoms with Crippen molar-refractivity contribution >= 4 is 11.0 Å². The number of benzene rings is 1. The van der Waals surface area contributed by atoms with E-state index in [1.165, 1.54) is 6.33 Å². The number of fused-ring (bicyclic) bond motifs is 1. The van der Waals surface area contributed by atoms with Crippen LogP contribution in [0.1, 0.15) is 11.4 Å². The summed E-state index contributed by atoms with van der Waals surface area (Å²) < 4.78 is 3.82. The van der Waals surface area contributed by atoms with Gasteiger partial charge in [0.05, 0.1) is 11.0 Å². The van der Waals surface area contributed by atoms with Crippen LogP contribution in [0.4, 0.5) is 0 Å². The fourth-order valence-corrected chi connectivity index (χ4v) is 2.02. The summed E-state index contributed by atoms with van der Waals surface area (Å²) in [6, 6.07) is 6.11. The Balaban J connectivity index is 2.05. The zero-order valence-corrected chi connectivity index (χ0v) is 10.1. The normalized spacial score (nSPS) is 11.2. The molecule has 3 aromatic rings. The maximum atomic E-state index is 5.64. The Kier molecular flexibility index (Phi) is 2.56. The van der Waals surface area contributed by atoms with Gasteiger partial charge in [0.15, 0.2) is 0 Å². The molecule has 0 fully saturated rings. The average Bonchev–Trinajstić information content (AvgIpc) is 2.99. The summed E-state index contributed by atoms with van der Waals surface area (Å²) in [5, 5.41) is 4.09. The first-order valence-electron chi connectivity index (χ1n) is 5.74. The van der Waals surface area contributed by atoms with Gasteiger partial charge in [-0.25, -0.2) is 14.6 Å². The van der Waals surface area contributed by atoms with Crippen LogP contribution in [0.3, 0.4) is 0 Å².